The number of halogens is 5. The molecule has 1 heterocycles. The van der Waals surface area contributed by atoms with Crippen LogP contribution in [-0.2, 0) is 20.5 Å². The van der Waals surface area contributed by atoms with E-state index in [0.717, 1.165) is 17.0 Å². The fraction of sp³-hybridized carbons (Fsp3) is 0.346. The smallest absolute Gasteiger partial charge is 0.417 e. The van der Waals surface area contributed by atoms with Crippen LogP contribution in [0.15, 0.2) is 48.5 Å². The van der Waals surface area contributed by atoms with Crippen LogP contribution >= 0.6 is 0 Å². The molecule has 1 aliphatic heterocycles. The average Bonchev–Trinajstić information content (AvgIpc) is 2.89. The SMILES string of the molecule is CC(C)(C)OC(=O)COc1ccc(C(=O)N2CCC(F)(F)/C(=C\C(=O)O)c3ccccc32)c(C(F)(F)F)c1. The number of para-hydroxylation sites is 1. The minimum Gasteiger partial charge on any atom is -0.482 e. The zero-order valence-electron chi connectivity index (χ0n) is 20.6. The van der Waals surface area contributed by atoms with Crippen molar-refractivity contribution in [3.8, 4) is 5.75 Å². The zero-order valence-corrected chi connectivity index (χ0v) is 20.6. The third kappa shape index (κ3) is 6.67. The fourth-order valence-electron chi connectivity index (χ4n) is 3.85. The van der Waals surface area contributed by atoms with Gasteiger partial charge in [0.05, 0.1) is 16.8 Å². The van der Waals surface area contributed by atoms with E-state index in [9.17, 15) is 36.3 Å². The number of carbonyl (C=O) groups excluding carboxylic acids is 2. The molecule has 7 nitrogen and oxygen atoms in total. The second-order valence-corrected chi connectivity index (χ2v) is 9.40. The molecule has 2 aromatic carbocycles. The lowest BCUT2D eigenvalue weighted by atomic mass is 9.97. The normalized spacial score (nSPS) is 16.4. The first-order valence-electron chi connectivity index (χ1n) is 11.3. The molecule has 0 aliphatic carbocycles. The quantitative estimate of drug-likeness (QED) is 0.302. The van der Waals surface area contributed by atoms with Gasteiger partial charge in [-0.3, -0.25) is 4.79 Å². The van der Waals surface area contributed by atoms with Crippen molar-refractivity contribution in [3.05, 3.63) is 65.2 Å². The summed E-state index contributed by atoms with van der Waals surface area (Å²) in [6.07, 6.45) is -5.74. The highest BCUT2D eigenvalue weighted by Gasteiger charge is 2.43. The number of nitrogens with zero attached hydrogens (tertiary/aromatic N) is 1. The van der Waals surface area contributed by atoms with Crippen molar-refractivity contribution in [2.24, 2.45) is 0 Å². The molecule has 1 amide bonds. The lowest BCUT2D eigenvalue weighted by Gasteiger charge is -2.24. The van der Waals surface area contributed by atoms with Gasteiger partial charge in [0.15, 0.2) is 6.61 Å². The Kier molecular flexibility index (Phi) is 7.85. The molecule has 0 fully saturated rings. The van der Waals surface area contributed by atoms with Crippen molar-refractivity contribution in [1.29, 1.82) is 0 Å². The third-order valence-electron chi connectivity index (χ3n) is 5.34. The van der Waals surface area contributed by atoms with E-state index in [2.05, 4.69) is 0 Å². The van der Waals surface area contributed by atoms with Crippen molar-refractivity contribution in [2.75, 3.05) is 18.1 Å². The highest BCUT2D eigenvalue weighted by atomic mass is 19.4. The molecule has 38 heavy (non-hydrogen) atoms. The Bertz CT molecular complexity index is 1280. The molecular formula is C26H24F5NO6. The summed E-state index contributed by atoms with van der Waals surface area (Å²) in [5.41, 5.74) is -4.41. The van der Waals surface area contributed by atoms with Crippen LogP contribution in [0.2, 0.25) is 0 Å². The number of alkyl halides is 5. The van der Waals surface area contributed by atoms with Crippen molar-refractivity contribution in [3.63, 3.8) is 0 Å². The summed E-state index contributed by atoms with van der Waals surface area (Å²) in [6, 6.07) is 7.55. The van der Waals surface area contributed by atoms with Crippen LogP contribution in [0.4, 0.5) is 27.6 Å². The maximum Gasteiger partial charge on any atom is 0.417 e. The van der Waals surface area contributed by atoms with Crippen LogP contribution in [0.25, 0.3) is 5.57 Å². The predicted molar refractivity (Wildman–Crippen MR) is 126 cm³/mol. The molecule has 2 aromatic rings. The van der Waals surface area contributed by atoms with Crippen LogP contribution in [-0.4, -0.2) is 47.6 Å². The average molecular weight is 541 g/mol. The van der Waals surface area contributed by atoms with E-state index in [-0.39, 0.29) is 17.0 Å². The molecule has 0 spiro atoms. The van der Waals surface area contributed by atoms with Gasteiger partial charge < -0.3 is 19.5 Å². The highest BCUT2D eigenvalue weighted by molar-refractivity contribution is 6.09. The number of carbonyl (C=O) groups is 3. The van der Waals surface area contributed by atoms with Gasteiger partial charge in [-0.2, -0.15) is 13.2 Å². The van der Waals surface area contributed by atoms with E-state index in [1.54, 1.807) is 20.8 Å². The number of amides is 1. The van der Waals surface area contributed by atoms with Gasteiger partial charge in [0.25, 0.3) is 11.8 Å². The van der Waals surface area contributed by atoms with Crippen molar-refractivity contribution in [1.82, 2.24) is 0 Å². The Balaban J connectivity index is 2.01. The topological polar surface area (TPSA) is 93.1 Å². The first-order chi connectivity index (χ1) is 17.5. The van der Waals surface area contributed by atoms with Gasteiger partial charge in [0.1, 0.15) is 11.4 Å². The molecule has 0 unspecified atom stereocenters. The number of carboxylic acids is 1. The minimum absolute atomic E-state index is 0.166. The van der Waals surface area contributed by atoms with Crippen molar-refractivity contribution >= 4 is 29.1 Å². The Morgan fingerprint density at radius 1 is 1.08 bits per heavy atom. The number of hydrogen-bond donors (Lipinski definition) is 1. The van der Waals surface area contributed by atoms with Crippen LogP contribution < -0.4 is 9.64 Å². The van der Waals surface area contributed by atoms with E-state index in [4.69, 9.17) is 14.6 Å². The van der Waals surface area contributed by atoms with Crippen molar-refractivity contribution < 1.29 is 50.9 Å². The van der Waals surface area contributed by atoms with Gasteiger partial charge in [-0.05, 0) is 45.0 Å². The zero-order chi connectivity index (χ0) is 28.5. The number of rotatable bonds is 5. The maximum absolute atomic E-state index is 14.9. The van der Waals surface area contributed by atoms with Crippen LogP contribution in [0.1, 0.15) is 48.7 Å². The molecule has 0 atom stereocenters. The summed E-state index contributed by atoms with van der Waals surface area (Å²) in [7, 11) is 0. The van der Waals surface area contributed by atoms with Gasteiger partial charge in [-0.25, -0.2) is 18.4 Å². The number of aliphatic carboxylic acids is 1. The molecule has 12 heteroatoms. The molecular weight excluding hydrogens is 517 g/mol. The molecule has 0 saturated heterocycles. The second-order valence-electron chi connectivity index (χ2n) is 9.40. The summed E-state index contributed by atoms with van der Waals surface area (Å²) >= 11 is 0. The summed E-state index contributed by atoms with van der Waals surface area (Å²) in [4.78, 5) is 37.2. The minimum atomic E-state index is -5.04. The van der Waals surface area contributed by atoms with Gasteiger partial charge in [0, 0.05) is 30.2 Å². The summed E-state index contributed by atoms with van der Waals surface area (Å²) < 4.78 is 81.8. The molecule has 3 rings (SSSR count). The predicted octanol–water partition coefficient (Wildman–Crippen LogP) is 5.58. The first kappa shape index (κ1) is 28.6. The number of benzene rings is 2. The molecule has 0 bridgehead atoms. The Morgan fingerprint density at radius 2 is 1.74 bits per heavy atom. The number of carboxylic acid groups (broad SMARTS) is 1. The highest BCUT2D eigenvalue weighted by Crippen LogP contribution is 2.44. The summed E-state index contributed by atoms with van der Waals surface area (Å²) in [6.45, 7) is 3.43. The van der Waals surface area contributed by atoms with E-state index < -0.39 is 71.8 Å². The van der Waals surface area contributed by atoms with Crippen LogP contribution in [0, 0.1) is 0 Å². The lowest BCUT2D eigenvalue weighted by Crippen LogP contribution is -2.34. The number of hydrogen-bond acceptors (Lipinski definition) is 5. The molecule has 0 aromatic heterocycles. The second kappa shape index (κ2) is 10.4. The molecule has 1 N–H and O–H groups in total. The van der Waals surface area contributed by atoms with Gasteiger partial charge in [0.2, 0.25) is 0 Å². The number of allylic oxidation sites excluding steroid dienone is 1. The summed E-state index contributed by atoms with van der Waals surface area (Å²) in [5.74, 6) is -7.73. The fourth-order valence-corrected chi connectivity index (χ4v) is 3.85. The molecule has 0 radical (unpaired) electrons. The Morgan fingerprint density at radius 3 is 2.34 bits per heavy atom. The monoisotopic (exact) mass is 541 g/mol. The van der Waals surface area contributed by atoms with Gasteiger partial charge >= 0.3 is 18.1 Å². The van der Waals surface area contributed by atoms with E-state index in [1.165, 1.54) is 24.3 Å². The van der Waals surface area contributed by atoms with E-state index >= 15 is 0 Å². The Hall–Kier alpha value is -3.96. The third-order valence-corrected chi connectivity index (χ3v) is 5.34. The maximum atomic E-state index is 14.9. The van der Waals surface area contributed by atoms with Crippen molar-refractivity contribution in [2.45, 2.75) is 44.9 Å². The van der Waals surface area contributed by atoms with Gasteiger partial charge in [-0.15, -0.1) is 0 Å². The molecule has 204 valence electrons. The lowest BCUT2D eigenvalue weighted by molar-refractivity contribution is -0.157. The largest absolute Gasteiger partial charge is 0.482 e. The molecule has 1 aliphatic rings. The number of esters is 1. The molecule has 0 saturated carbocycles. The summed E-state index contributed by atoms with van der Waals surface area (Å²) in [5, 5.41) is 9.10. The number of ether oxygens (including phenoxy) is 2. The van der Waals surface area contributed by atoms with E-state index in [1.807, 2.05) is 0 Å². The van der Waals surface area contributed by atoms with Crippen LogP contribution in [0.5, 0.6) is 5.75 Å². The van der Waals surface area contributed by atoms with Crippen LogP contribution in [0.3, 0.4) is 0 Å². The standard InChI is InChI=1S/C26H24F5NO6/c1-24(2,3)38-22(35)14-37-15-8-9-17(19(12-15)26(29,30)31)23(36)32-11-10-25(27,28)18(13-21(33)34)16-6-4-5-7-20(16)32/h4-9,12-13H,10-11,14H2,1-3H3,(H,33,34)/b18-13-. The Labute approximate surface area is 214 Å². The number of fused-ring (bicyclic) bond motifs is 1. The van der Waals surface area contributed by atoms with E-state index in [0.29, 0.717) is 12.1 Å². The first-order valence-corrected chi connectivity index (χ1v) is 11.3. The van der Waals surface area contributed by atoms with Gasteiger partial charge in [-0.1, -0.05) is 18.2 Å². The number of anilines is 1.